The number of rotatable bonds is 5. The van der Waals surface area contributed by atoms with Crippen molar-refractivity contribution in [3.05, 3.63) is 53.1 Å². The Bertz CT molecular complexity index is 723. The predicted octanol–water partition coefficient (Wildman–Crippen LogP) is 3.46. The molecular weight excluding hydrogens is 321 g/mol. The van der Waals surface area contributed by atoms with Gasteiger partial charge in [-0.2, -0.15) is 5.10 Å². The van der Waals surface area contributed by atoms with Crippen LogP contribution in [0, 0.1) is 12.7 Å². The van der Waals surface area contributed by atoms with Crippen LogP contribution in [0.4, 0.5) is 4.39 Å². The summed E-state index contributed by atoms with van der Waals surface area (Å²) in [5.74, 6) is -0.379. The van der Waals surface area contributed by atoms with Gasteiger partial charge in [-0.25, -0.2) is 4.39 Å². The molecule has 6 heteroatoms. The molecule has 1 fully saturated rings. The third-order valence-corrected chi connectivity index (χ3v) is 4.86. The zero-order valence-corrected chi connectivity index (χ0v) is 14.7. The zero-order valence-electron chi connectivity index (χ0n) is 14.7. The summed E-state index contributed by atoms with van der Waals surface area (Å²) in [6.07, 6.45) is 3.88. The fourth-order valence-electron chi connectivity index (χ4n) is 3.48. The van der Waals surface area contributed by atoms with E-state index in [4.69, 9.17) is 4.74 Å². The zero-order chi connectivity index (χ0) is 17.8. The monoisotopic (exact) mass is 345 g/mol. The summed E-state index contributed by atoms with van der Waals surface area (Å²) in [6, 6.07) is 8.29. The molecule has 1 amide bonds. The van der Waals surface area contributed by atoms with Crippen LogP contribution in [0.1, 0.15) is 47.4 Å². The minimum atomic E-state index is -0.287. The Morgan fingerprint density at radius 2 is 2.08 bits per heavy atom. The molecule has 1 N–H and O–H groups in total. The lowest BCUT2D eigenvalue weighted by atomic mass is 9.91. The number of hydrogen-bond donors (Lipinski definition) is 1. The molecule has 2 aromatic rings. The fourth-order valence-corrected chi connectivity index (χ4v) is 3.48. The van der Waals surface area contributed by atoms with Gasteiger partial charge in [0.2, 0.25) is 0 Å². The number of aryl methyl sites for hydroxylation is 1. The van der Waals surface area contributed by atoms with E-state index in [0.717, 1.165) is 36.9 Å². The molecule has 25 heavy (non-hydrogen) atoms. The smallest absolute Gasteiger partial charge is 0.272 e. The number of carbonyl (C=O) groups excluding carboxylic acids is 1. The average molecular weight is 345 g/mol. The molecule has 0 spiro atoms. The molecule has 0 radical (unpaired) electrons. The Balaban J connectivity index is 1.81. The van der Waals surface area contributed by atoms with Crippen molar-refractivity contribution in [3.63, 3.8) is 0 Å². The second-order valence-corrected chi connectivity index (χ2v) is 6.65. The van der Waals surface area contributed by atoms with Gasteiger partial charge in [0.25, 0.3) is 5.91 Å². The first-order chi connectivity index (χ1) is 12.1. The molecule has 5 nitrogen and oxygen atoms in total. The number of H-pyrrole nitrogens is 1. The minimum absolute atomic E-state index is 0.0919. The molecular formula is C19H24FN3O2. The molecule has 1 heterocycles. The summed E-state index contributed by atoms with van der Waals surface area (Å²) >= 11 is 0. The van der Waals surface area contributed by atoms with Crippen LogP contribution in [-0.2, 0) is 11.3 Å². The first-order valence-corrected chi connectivity index (χ1v) is 8.67. The van der Waals surface area contributed by atoms with E-state index in [1.54, 1.807) is 19.2 Å². The molecule has 1 saturated carbocycles. The highest BCUT2D eigenvalue weighted by molar-refractivity contribution is 5.92. The van der Waals surface area contributed by atoms with Gasteiger partial charge >= 0.3 is 0 Å². The lowest BCUT2D eigenvalue weighted by Crippen LogP contribution is -2.43. The van der Waals surface area contributed by atoms with Crippen LogP contribution in [0.15, 0.2) is 30.3 Å². The number of nitrogens with zero attached hydrogens (tertiary/aromatic N) is 2. The third kappa shape index (κ3) is 4.25. The maximum Gasteiger partial charge on any atom is 0.272 e. The van der Waals surface area contributed by atoms with Crippen molar-refractivity contribution in [1.82, 2.24) is 15.1 Å². The molecule has 0 aliphatic heterocycles. The van der Waals surface area contributed by atoms with Gasteiger partial charge < -0.3 is 9.64 Å². The first kappa shape index (κ1) is 17.6. The van der Waals surface area contributed by atoms with Crippen LogP contribution < -0.4 is 0 Å². The van der Waals surface area contributed by atoms with Crippen LogP contribution in [0.2, 0.25) is 0 Å². The topological polar surface area (TPSA) is 58.2 Å². The van der Waals surface area contributed by atoms with Crippen LogP contribution in [0.5, 0.6) is 0 Å². The fraction of sp³-hybridized carbons (Fsp3) is 0.474. The number of ether oxygens (including phenoxy) is 1. The lowest BCUT2D eigenvalue weighted by molar-refractivity contribution is 0.0310. The summed E-state index contributed by atoms with van der Waals surface area (Å²) in [7, 11) is 1.73. The van der Waals surface area contributed by atoms with Crippen molar-refractivity contribution in [3.8, 4) is 0 Å². The molecule has 0 unspecified atom stereocenters. The van der Waals surface area contributed by atoms with Gasteiger partial charge in [-0.15, -0.1) is 0 Å². The van der Waals surface area contributed by atoms with Gasteiger partial charge in [-0.1, -0.05) is 12.1 Å². The Morgan fingerprint density at radius 1 is 1.32 bits per heavy atom. The number of benzene rings is 1. The molecule has 1 aliphatic carbocycles. The van der Waals surface area contributed by atoms with E-state index in [0.29, 0.717) is 12.2 Å². The number of nitrogens with one attached hydrogen (secondary N) is 1. The number of aromatic amines is 1. The van der Waals surface area contributed by atoms with Crippen LogP contribution in [0.3, 0.4) is 0 Å². The maximum absolute atomic E-state index is 13.5. The van der Waals surface area contributed by atoms with E-state index in [9.17, 15) is 9.18 Å². The van der Waals surface area contributed by atoms with Crippen molar-refractivity contribution in [1.29, 1.82) is 0 Å². The molecule has 134 valence electrons. The standard InChI is InChI=1S/C19H24FN3O2/c1-13-10-18(22-21-13)19(24)23(12-14-4-3-5-15(20)11-14)16-6-8-17(25-2)9-7-16/h3-5,10-11,16-17H,6-9,12H2,1-2H3,(H,21,22)/t16-,17-. The molecule has 0 saturated heterocycles. The summed E-state index contributed by atoms with van der Waals surface area (Å²) in [4.78, 5) is 14.9. The molecule has 1 aromatic carbocycles. The highest BCUT2D eigenvalue weighted by atomic mass is 19.1. The highest BCUT2D eigenvalue weighted by Gasteiger charge is 2.30. The Hall–Kier alpha value is -2.21. The van der Waals surface area contributed by atoms with Gasteiger partial charge in [-0.3, -0.25) is 9.89 Å². The average Bonchev–Trinajstić information content (AvgIpc) is 3.06. The van der Waals surface area contributed by atoms with Crippen LogP contribution in [-0.4, -0.2) is 40.3 Å². The second kappa shape index (κ2) is 7.78. The SMILES string of the molecule is CO[C@H]1CC[C@H](N(Cc2cccc(F)c2)C(=O)c2cc(C)n[nH]2)CC1. The number of amides is 1. The normalized spacial score (nSPS) is 20.4. The molecule has 3 rings (SSSR count). The predicted molar refractivity (Wildman–Crippen MR) is 92.7 cm³/mol. The third-order valence-electron chi connectivity index (χ3n) is 4.86. The van der Waals surface area contributed by atoms with Crippen molar-refractivity contribution >= 4 is 5.91 Å². The van der Waals surface area contributed by atoms with Crippen LogP contribution >= 0.6 is 0 Å². The summed E-state index contributed by atoms with van der Waals surface area (Å²) in [5, 5.41) is 6.86. The van der Waals surface area contributed by atoms with Gasteiger partial charge in [0, 0.05) is 19.7 Å². The molecule has 0 atom stereocenters. The second-order valence-electron chi connectivity index (χ2n) is 6.65. The maximum atomic E-state index is 13.5. The number of carbonyl (C=O) groups is 1. The van der Waals surface area contributed by atoms with Crippen molar-refractivity contribution in [2.75, 3.05) is 7.11 Å². The van der Waals surface area contributed by atoms with E-state index in [1.807, 2.05) is 17.9 Å². The number of hydrogen-bond acceptors (Lipinski definition) is 3. The van der Waals surface area contributed by atoms with Gasteiger partial charge in [-0.05, 0) is 56.4 Å². The minimum Gasteiger partial charge on any atom is -0.381 e. The van der Waals surface area contributed by atoms with Crippen molar-refractivity contribution in [2.24, 2.45) is 0 Å². The van der Waals surface area contributed by atoms with Gasteiger partial charge in [0.1, 0.15) is 11.5 Å². The number of aromatic nitrogens is 2. The van der Waals surface area contributed by atoms with E-state index in [1.165, 1.54) is 12.1 Å². The summed E-state index contributed by atoms with van der Waals surface area (Å²) in [5.41, 5.74) is 2.04. The van der Waals surface area contributed by atoms with Gasteiger partial charge in [0.15, 0.2) is 0 Å². The Kier molecular flexibility index (Phi) is 5.48. The largest absolute Gasteiger partial charge is 0.381 e. The van der Waals surface area contributed by atoms with Crippen molar-refractivity contribution in [2.45, 2.75) is 51.3 Å². The van der Waals surface area contributed by atoms with Crippen LogP contribution in [0.25, 0.3) is 0 Å². The van der Waals surface area contributed by atoms with E-state index < -0.39 is 0 Å². The Morgan fingerprint density at radius 3 is 2.68 bits per heavy atom. The Labute approximate surface area is 147 Å². The molecule has 1 aromatic heterocycles. The van der Waals surface area contributed by atoms with E-state index in [2.05, 4.69) is 10.2 Å². The highest BCUT2D eigenvalue weighted by Crippen LogP contribution is 2.27. The number of halogens is 1. The summed E-state index contributed by atoms with van der Waals surface area (Å²) in [6.45, 7) is 2.23. The quantitative estimate of drug-likeness (QED) is 0.903. The summed E-state index contributed by atoms with van der Waals surface area (Å²) < 4.78 is 19.0. The van der Waals surface area contributed by atoms with Gasteiger partial charge in [0.05, 0.1) is 11.8 Å². The van der Waals surface area contributed by atoms with E-state index >= 15 is 0 Å². The number of methoxy groups -OCH3 is 1. The van der Waals surface area contributed by atoms with Crippen molar-refractivity contribution < 1.29 is 13.9 Å². The lowest BCUT2D eigenvalue weighted by Gasteiger charge is -2.36. The molecule has 0 bridgehead atoms. The van der Waals surface area contributed by atoms with E-state index in [-0.39, 0.29) is 23.9 Å². The first-order valence-electron chi connectivity index (χ1n) is 8.67. The molecule has 1 aliphatic rings.